The van der Waals surface area contributed by atoms with Crippen LogP contribution in [0.1, 0.15) is 25.2 Å². The molecule has 2 aromatic rings. The molecule has 7 heteroatoms. The smallest absolute Gasteiger partial charge is 0.325 e. The molecular weight excluding hydrogens is 312 g/mol. The zero-order chi connectivity index (χ0) is 14.9. The summed E-state index contributed by atoms with van der Waals surface area (Å²) in [5.41, 5.74) is 1.12. The maximum atomic E-state index is 12.6. The number of alkyl halides is 4. The molecule has 0 radical (unpaired) electrons. The van der Waals surface area contributed by atoms with Gasteiger partial charge in [0.05, 0.1) is 17.0 Å². The van der Waals surface area contributed by atoms with Gasteiger partial charge < -0.3 is 4.57 Å². The minimum atomic E-state index is -4.23. The standard InChI is InChI=1S/C13H13Cl2F3N2/c1-8(7-13(16,17)18)20-10-4-2-3-9(15)12(10)19-11(20)5-6-14/h2-4,8H,5-7H2,1H3. The number of hydrogen-bond acceptors (Lipinski definition) is 1. The molecule has 20 heavy (non-hydrogen) atoms. The number of aromatic nitrogens is 2. The van der Waals surface area contributed by atoms with Crippen molar-refractivity contribution in [3.63, 3.8) is 0 Å². The van der Waals surface area contributed by atoms with E-state index in [-0.39, 0.29) is 0 Å². The Balaban J connectivity index is 2.54. The average Bonchev–Trinajstić information content (AvgIpc) is 2.67. The minimum Gasteiger partial charge on any atom is -0.325 e. The van der Waals surface area contributed by atoms with Crippen molar-refractivity contribution in [2.24, 2.45) is 0 Å². The zero-order valence-electron chi connectivity index (χ0n) is 10.7. The minimum absolute atomic E-state index is 0.291. The molecule has 2 nitrogen and oxygen atoms in total. The Bertz CT molecular complexity index is 607. The predicted molar refractivity (Wildman–Crippen MR) is 74.6 cm³/mol. The van der Waals surface area contributed by atoms with E-state index >= 15 is 0 Å². The molecule has 1 atom stereocenters. The van der Waals surface area contributed by atoms with Gasteiger partial charge in [-0.1, -0.05) is 17.7 Å². The zero-order valence-corrected chi connectivity index (χ0v) is 12.2. The van der Waals surface area contributed by atoms with Gasteiger partial charge in [-0.2, -0.15) is 13.2 Å². The third kappa shape index (κ3) is 3.20. The molecule has 0 saturated carbocycles. The molecule has 0 bridgehead atoms. The van der Waals surface area contributed by atoms with E-state index in [9.17, 15) is 13.2 Å². The molecule has 1 aromatic carbocycles. The van der Waals surface area contributed by atoms with Crippen LogP contribution in [0.3, 0.4) is 0 Å². The molecule has 0 aliphatic heterocycles. The fourth-order valence-corrected chi connectivity index (χ4v) is 2.69. The highest BCUT2D eigenvalue weighted by Gasteiger charge is 2.32. The van der Waals surface area contributed by atoms with Crippen LogP contribution >= 0.6 is 23.2 Å². The molecule has 110 valence electrons. The molecule has 1 unspecified atom stereocenters. The van der Waals surface area contributed by atoms with E-state index in [4.69, 9.17) is 23.2 Å². The van der Waals surface area contributed by atoms with E-state index in [1.54, 1.807) is 22.8 Å². The molecule has 0 aliphatic carbocycles. The monoisotopic (exact) mass is 324 g/mol. The van der Waals surface area contributed by atoms with Crippen LogP contribution in [0, 0.1) is 0 Å². The third-order valence-corrected chi connectivity index (χ3v) is 3.52. The molecule has 2 rings (SSSR count). The maximum absolute atomic E-state index is 12.6. The van der Waals surface area contributed by atoms with Crippen LogP contribution in [0.2, 0.25) is 5.02 Å². The van der Waals surface area contributed by atoms with Gasteiger partial charge in [-0.3, -0.25) is 0 Å². The molecule has 0 N–H and O–H groups in total. The van der Waals surface area contributed by atoms with Crippen LogP contribution in [-0.4, -0.2) is 21.6 Å². The van der Waals surface area contributed by atoms with Gasteiger partial charge in [-0.05, 0) is 19.1 Å². The van der Waals surface area contributed by atoms with Gasteiger partial charge in [0.25, 0.3) is 0 Å². The number of rotatable bonds is 4. The predicted octanol–water partition coefficient (Wildman–Crippen LogP) is 4.98. The highest BCUT2D eigenvalue weighted by Crippen LogP contribution is 2.33. The first-order chi connectivity index (χ1) is 9.33. The van der Waals surface area contributed by atoms with E-state index in [0.29, 0.717) is 34.2 Å². The summed E-state index contributed by atoms with van der Waals surface area (Å²) in [5, 5.41) is 0.427. The van der Waals surface area contributed by atoms with Gasteiger partial charge in [0.2, 0.25) is 0 Å². The number of nitrogens with zero attached hydrogens (tertiary/aromatic N) is 2. The summed E-state index contributed by atoms with van der Waals surface area (Å²) < 4.78 is 39.4. The first-order valence-electron chi connectivity index (χ1n) is 6.11. The number of halogens is 5. The average molecular weight is 325 g/mol. The molecule has 1 heterocycles. The summed E-state index contributed by atoms with van der Waals surface area (Å²) in [6.45, 7) is 1.52. The van der Waals surface area contributed by atoms with Crippen LogP contribution in [0.25, 0.3) is 11.0 Å². The van der Waals surface area contributed by atoms with E-state index in [1.807, 2.05) is 0 Å². The second-order valence-corrected chi connectivity index (χ2v) is 5.40. The fourth-order valence-electron chi connectivity index (χ4n) is 2.31. The highest BCUT2D eigenvalue weighted by atomic mass is 35.5. The Labute approximate surface area is 124 Å². The lowest BCUT2D eigenvalue weighted by Gasteiger charge is -2.19. The van der Waals surface area contributed by atoms with E-state index in [0.717, 1.165) is 0 Å². The molecule has 0 amide bonds. The van der Waals surface area contributed by atoms with Crippen LogP contribution in [0.4, 0.5) is 13.2 Å². The largest absolute Gasteiger partial charge is 0.391 e. The van der Waals surface area contributed by atoms with Gasteiger partial charge in [0.1, 0.15) is 11.3 Å². The van der Waals surface area contributed by atoms with Crippen LogP contribution < -0.4 is 0 Å². The highest BCUT2D eigenvalue weighted by molar-refractivity contribution is 6.34. The Morgan fingerprint density at radius 2 is 2.05 bits per heavy atom. The molecular formula is C13H13Cl2F3N2. The summed E-state index contributed by atoms with van der Waals surface area (Å²) in [6, 6.07) is 4.34. The van der Waals surface area contributed by atoms with Crippen molar-refractivity contribution >= 4 is 34.2 Å². The second kappa shape index (κ2) is 5.82. The summed E-state index contributed by atoms with van der Waals surface area (Å²) in [4.78, 5) is 4.33. The normalized spacial score (nSPS) is 13.9. The Morgan fingerprint density at radius 1 is 1.35 bits per heavy atom. The van der Waals surface area contributed by atoms with Crippen molar-refractivity contribution in [2.45, 2.75) is 32.0 Å². The van der Waals surface area contributed by atoms with Crippen LogP contribution in [0.15, 0.2) is 18.2 Å². The fraction of sp³-hybridized carbons (Fsp3) is 0.462. The van der Waals surface area contributed by atoms with Gasteiger partial charge in [0.15, 0.2) is 0 Å². The van der Waals surface area contributed by atoms with Crippen molar-refractivity contribution in [3.05, 3.63) is 29.0 Å². The van der Waals surface area contributed by atoms with E-state index < -0.39 is 18.6 Å². The van der Waals surface area contributed by atoms with Gasteiger partial charge >= 0.3 is 6.18 Å². The van der Waals surface area contributed by atoms with Crippen LogP contribution in [-0.2, 0) is 6.42 Å². The van der Waals surface area contributed by atoms with Crippen LogP contribution in [0.5, 0.6) is 0 Å². The molecule has 1 aromatic heterocycles. The maximum Gasteiger partial charge on any atom is 0.391 e. The lowest BCUT2D eigenvalue weighted by atomic mass is 10.2. The van der Waals surface area contributed by atoms with Crippen molar-refractivity contribution in [1.82, 2.24) is 9.55 Å². The van der Waals surface area contributed by atoms with Crippen molar-refractivity contribution in [2.75, 3.05) is 5.88 Å². The lowest BCUT2D eigenvalue weighted by Crippen LogP contribution is -2.18. The van der Waals surface area contributed by atoms with Gasteiger partial charge in [-0.15, -0.1) is 11.6 Å². The summed E-state index contributed by atoms with van der Waals surface area (Å²) >= 11 is 11.8. The number of para-hydroxylation sites is 1. The summed E-state index contributed by atoms with van der Waals surface area (Å²) in [6.07, 6.45) is -4.75. The molecule has 0 aliphatic rings. The topological polar surface area (TPSA) is 17.8 Å². The number of benzene rings is 1. The number of aryl methyl sites for hydroxylation is 1. The first-order valence-corrected chi connectivity index (χ1v) is 7.03. The summed E-state index contributed by atoms with van der Waals surface area (Å²) in [5.74, 6) is 0.819. The second-order valence-electron chi connectivity index (χ2n) is 4.61. The van der Waals surface area contributed by atoms with Gasteiger partial charge in [0, 0.05) is 18.3 Å². The van der Waals surface area contributed by atoms with Crippen molar-refractivity contribution < 1.29 is 13.2 Å². The molecule has 0 spiro atoms. The number of hydrogen-bond donors (Lipinski definition) is 0. The van der Waals surface area contributed by atoms with E-state index in [1.165, 1.54) is 6.92 Å². The van der Waals surface area contributed by atoms with E-state index in [2.05, 4.69) is 4.98 Å². The lowest BCUT2D eigenvalue weighted by molar-refractivity contribution is -0.141. The molecule has 0 fully saturated rings. The van der Waals surface area contributed by atoms with Crippen molar-refractivity contribution in [3.8, 4) is 0 Å². The third-order valence-electron chi connectivity index (χ3n) is 3.03. The Hall–Kier alpha value is -0.940. The number of fused-ring (bicyclic) bond motifs is 1. The first kappa shape index (κ1) is 15.4. The summed E-state index contributed by atoms with van der Waals surface area (Å²) in [7, 11) is 0. The Morgan fingerprint density at radius 3 is 2.65 bits per heavy atom. The Kier molecular flexibility index (Phi) is 4.49. The van der Waals surface area contributed by atoms with Crippen molar-refractivity contribution in [1.29, 1.82) is 0 Å². The molecule has 0 saturated heterocycles. The quantitative estimate of drug-likeness (QED) is 0.725. The SMILES string of the molecule is CC(CC(F)(F)F)n1c(CCCl)nc2c(Cl)cccc21. The van der Waals surface area contributed by atoms with Gasteiger partial charge in [-0.25, -0.2) is 4.98 Å². The number of imidazole rings is 1.